The Morgan fingerprint density at radius 3 is 2.78 bits per heavy atom. The number of amides is 1. The summed E-state index contributed by atoms with van der Waals surface area (Å²) in [6.45, 7) is 0. The van der Waals surface area contributed by atoms with Crippen LogP contribution >= 0.6 is 11.3 Å². The van der Waals surface area contributed by atoms with Crippen molar-refractivity contribution in [2.24, 2.45) is 10.9 Å². The van der Waals surface area contributed by atoms with Crippen molar-refractivity contribution in [1.29, 1.82) is 0 Å². The molecule has 2 rings (SSSR count). The van der Waals surface area contributed by atoms with Gasteiger partial charge in [-0.3, -0.25) is 4.79 Å². The number of carbonyl (C=O) groups excluding carboxylic acids is 1. The zero-order chi connectivity index (χ0) is 13.0. The van der Waals surface area contributed by atoms with Gasteiger partial charge < -0.3 is 16.3 Å². The second kappa shape index (κ2) is 5.33. The number of carbonyl (C=O) groups is 1. The highest BCUT2D eigenvalue weighted by Gasteiger charge is 2.08. The molecule has 2 aromatic rings. The van der Waals surface area contributed by atoms with Crippen molar-refractivity contribution in [2.75, 3.05) is 5.32 Å². The number of hydrogen-bond acceptors (Lipinski definition) is 4. The number of nitrogens with two attached hydrogens (primary N) is 1. The minimum absolute atomic E-state index is 0.0276. The van der Waals surface area contributed by atoms with Crippen molar-refractivity contribution < 1.29 is 10.0 Å². The molecule has 1 heterocycles. The van der Waals surface area contributed by atoms with Gasteiger partial charge in [-0.25, -0.2) is 0 Å². The van der Waals surface area contributed by atoms with E-state index < -0.39 is 0 Å². The number of benzene rings is 1. The minimum Gasteiger partial charge on any atom is -0.409 e. The molecule has 4 N–H and O–H groups in total. The Labute approximate surface area is 108 Å². The lowest BCUT2D eigenvalue weighted by Crippen LogP contribution is -2.16. The summed E-state index contributed by atoms with van der Waals surface area (Å²) in [5.41, 5.74) is 7.16. The van der Waals surface area contributed by atoms with Crippen LogP contribution in [0.2, 0.25) is 0 Å². The summed E-state index contributed by atoms with van der Waals surface area (Å²) in [6.07, 6.45) is 0. The van der Waals surface area contributed by atoms with Crippen LogP contribution in [-0.2, 0) is 0 Å². The van der Waals surface area contributed by atoms with E-state index in [0.29, 0.717) is 11.1 Å². The predicted molar refractivity (Wildman–Crippen MR) is 71.2 cm³/mol. The van der Waals surface area contributed by atoms with Gasteiger partial charge >= 0.3 is 0 Å². The molecule has 0 atom stereocenters. The largest absolute Gasteiger partial charge is 0.409 e. The molecular formula is C12H11N3O2S. The molecule has 0 aliphatic carbocycles. The summed E-state index contributed by atoms with van der Waals surface area (Å²) in [6, 6.07) is 8.38. The van der Waals surface area contributed by atoms with E-state index in [2.05, 4.69) is 10.5 Å². The monoisotopic (exact) mass is 261 g/mol. The number of nitrogens with one attached hydrogen (secondary N) is 1. The molecule has 0 radical (unpaired) electrons. The van der Waals surface area contributed by atoms with Crippen molar-refractivity contribution in [3.63, 3.8) is 0 Å². The molecule has 6 heteroatoms. The summed E-state index contributed by atoms with van der Waals surface area (Å²) in [4.78, 5) is 11.9. The molecule has 92 valence electrons. The first-order valence-electron chi connectivity index (χ1n) is 5.12. The third kappa shape index (κ3) is 2.67. The Kier molecular flexibility index (Phi) is 3.59. The molecule has 0 bridgehead atoms. The number of thiophene rings is 1. The van der Waals surface area contributed by atoms with Crippen LogP contribution in [0.1, 0.15) is 15.9 Å². The lowest BCUT2D eigenvalue weighted by Gasteiger charge is -2.04. The maximum atomic E-state index is 11.9. The van der Waals surface area contributed by atoms with Crippen LogP contribution in [0.4, 0.5) is 5.69 Å². The number of hydrogen-bond donors (Lipinski definition) is 3. The lowest BCUT2D eigenvalue weighted by molar-refractivity contribution is 0.102. The van der Waals surface area contributed by atoms with Gasteiger partial charge in [-0.05, 0) is 23.6 Å². The van der Waals surface area contributed by atoms with Crippen LogP contribution < -0.4 is 11.1 Å². The Hall–Kier alpha value is -2.34. The van der Waals surface area contributed by atoms with Gasteiger partial charge in [-0.1, -0.05) is 17.3 Å². The zero-order valence-corrected chi connectivity index (χ0v) is 10.1. The van der Waals surface area contributed by atoms with E-state index >= 15 is 0 Å². The highest BCUT2D eigenvalue weighted by molar-refractivity contribution is 7.08. The van der Waals surface area contributed by atoms with Crippen LogP contribution in [-0.4, -0.2) is 17.0 Å². The van der Waals surface area contributed by atoms with Gasteiger partial charge in [0.1, 0.15) is 0 Å². The first kappa shape index (κ1) is 12.1. The third-order valence-corrected chi connectivity index (χ3v) is 2.99. The van der Waals surface area contributed by atoms with E-state index in [4.69, 9.17) is 10.9 Å². The molecule has 0 spiro atoms. The van der Waals surface area contributed by atoms with Gasteiger partial charge in [0, 0.05) is 16.5 Å². The number of amidine groups is 1. The molecule has 0 fully saturated rings. The first-order chi connectivity index (χ1) is 8.70. The number of rotatable bonds is 3. The summed E-state index contributed by atoms with van der Waals surface area (Å²) in [5, 5.41) is 18.0. The molecular weight excluding hydrogens is 250 g/mol. The zero-order valence-electron chi connectivity index (χ0n) is 9.33. The maximum Gasteiger partial charge on any atom is 0.255 e. The quantitative estimate of drug-likeness (QED) is 0.342. The third-order valence-electron chi connectivity index (χ3n) is 2.31. The van der Waals surface area contributed by atoms with E-state index in [1.165, 1.54) is 11.3 Å². The smallest absolute Gasteiger partial charge is 0.255 e. The van der Waals surface area contributed by atoms with E-state index in [9.17, 15) is 4.79 Å². The van der Waals surface area contributed by atoms with Crippen LogP contribution in [0.3, 0.4) is 0 Å². The molecule has 0 aliphatic heterocycles. The van der Waals surface area contributed by atoms with Crippen molar-refractivity contribution in [2.45, 2.75) is 0 Å². The standard InChI is InChI=1S/C12H11N3O2S/c13-11(15-17)8-2-1-3-9(6-8)12(16)14-10-4-5-18-7-10/h1-7,17H,(H2,13,15)(H,14,16). The molecule has 0 saturated heterocycles. The lowest BCUT2D eigenvalue weighted by atomic mass is 10.1. The minimum atomic E-state index is -0.235. The molecule has 18 heavy (non-hydrogen) atoms. The molecule has 1 aromatic heterocycles. The summed E-state index contributed by atoms with van der Waals surface area (Å²) < 4.78 is 0. The van der Waals surface area contributed by atoms with Gasteiger partial charge in [0.15, 0.2) is 5.84 Å². The van der Waals surface area contributed by atoms with Crippen molar-refractivity contribution in [3.8, 4) is 0 Å². The van der Waals surface area contributed by atoms with Crippen LogP contribution in [0.25, 0.3) is 0 Å². The SMILES string of the molecule is NC(=NO)c1cccc(C(=O)Nc2ccsc2)c1. The predicted octanol–water partition coefficient (Wildman–Crippen LogP) is 2.09. The Balaban J connectivity index is 2.20. The topological polar surface area (TPSA) is 87.7 Å². The van der Waals surface area contributed by atoms with Crippen molar-refractivity contribution in [1.82, 2.24) is 0 Å². The highest BCUT2D eigenvalue weighted by Crippen LogP contribution is 2.14. The molecule has 0 aliphatic rings. The van der Waals surface area contributed by atoms with Gasteiger partial charge in [0.05, 0.1) is 5.69 Å². The van der Waals surface area contributed by atoms with Crippen LogP contribution in [0.5, 0.6) is 0 Å². The maximum absolute atomic E-state index is 11.9. The average Bonchev–Trinajstić information content (AvgIpc) is 2.90. The number of anilines is 1. The molecule has 0 saturated carbocycles. The second-order valence-corrected chi connectivity index (χ2v) is 4.31. The van der Waals surface area contributed by atoms with E-state index in [1.54, 1.807) is 24.3 Å². The normalized spacial score (nSPS) is 11.2. The van der Waals surface area contributed by atoms with Crippen molar-refractivity contribution in [3.05, 3.63) is 52.2 Å². The highest BCUT2D eigenvalue weighted by atomic mass is 32.1. The van der Waals surface area contributed by atoms with E-state index in [-0.39, 0.29) is 11.7 Å². The number of oxime groups is 1. The van der Waals surface area contributed by atoms with Crippen molar-refractivity contribution >= 4 is 28.8 Å². The summed E-state index contributed by atoms with van der Waals surface area (Å²) in [7, 11) is 0. The Morgan fingerprint density at radius 2 is 2.11 bits per heavy atom. The fourth-order valence-corrected chi connectivity index (χ4v) is 2.00. The van der Waals surface area contributed by atoms with Gasteiger partial charge in [-0.2, -0.15) is 11.3 Å². The fourth-order valence-electron chi connectivity index (χ4n) is 1.42. The molecule has 5 nitrogen and oxygen atoms in total. The second-order valence-electron chi connectivity index (χ2n) is 3.53. The van der Waals surface area contributed by atoms with Crippen LogP contribution in [0, 0.1) is 0 Å². The Bertz CT molecular complexity index is 579. The average molecular weight is 261 g/mol. The summed E-state index contributed by atoms with van der Waals surface area (Å²) in [5.74, 6) is -0.263. The number of nitrogens with zero attached hydrogens (tertiary/aromatic N) is 1. The van der Waals surface area contributed by atoms with Crippen LogP contribution in [0.15, 0.2) is 46.2 Å². The first-order valence-corrected chi connectivity index (χ1v) is 6.06. The van der Waals surface area contributed by atoms with Gasteiger partial charge in [0.2, 0.25) is 0 Å². The van der Waals surface area contributed by atoms with Gasteiger partial charge in [0.25, 0.3) is 5.91 Å². The summed E-state index contributed by atoms with van der Waals surface area (Å²) >= 11 is 1.50. The Morgan fingerprint density at radius 1 is 1.33 bits per heavy atom. The molecule has 1 aromatic carbocycles. The van der Waals surface area contributed by atoms with E-state index in [0.717, 1.165) is 5.69 Å². The van der Waals surface area contributed by atoms with E-state index in [1.807, 2.05) is 16.8 Å². The molecule has 0 unspecified atom stereocenters. The van der Waals surface area contributed by atoms with Gasteiger partial charge in [-0.15, -0.1) is 0 Å². The molecule has 1 amide bonds. The fraction of sp³-hybridized carbons (Fsp3) is 0.